The number of hydrogen-bond donors (Lipinski definition) is 0. The zero-order valence-corrected chi connectivity index (χ0v) is 18.2. The lowest BCUT2D eigenvalue weighted by Crippen LogP contribution is -2.59. The molecular formula is C21H21F3O6Si. The van der Waals surface area contributed by atoms with Gasteiger partial charge in [-0.3, -0.25) is 14.4 Å². The first-order chi connectivity index (χ1) is 14.7. The zero-order chi connectivity index (χ0) is 23.2. The van der Waals surface area contributed by atoms with Crippen molar-refractivity contribution in [3.05, 3.63) is 53.8 Å². The molecule has 0 aliphatic rings. The van der Waals surface area contributed by atoms with Gasteiger partial charge in [-0.2, -0.15) is 0 Å². The van der Waals surface area contributed by atoms with Crippen molar-refractivity contribution in [2.24, 2.45) is 0 Å². The Kier molecular flexibility index (Phi) is 7.98. The van der Waals surface area contributed by atoms with E-state index >= 15 is 0 Å². The molecule has 10 heteroatoms. The molecule has 0 aromatic heterocycles. The summed E-state index contributed by atoms with van der Waals surface area (Å²) in [6.45, 7) is 4.52. The van der Waals surface area contributed by atoms with E-state index in [9.17, 15) is 27.6 Å². The third-order valence-corrected chi connectivity index (χ3v) is 6.67. The second-order valence-electron chi connectivity index (χ2n) is 6.36. The molecule has 2 rings (SSSR count). The maximum atomic E-state index is 14.1. The highest BCUT2D eigenvalue weighted by molar-refractivity contribution is 6.79. The number of rotatable bonds is 8. The average molecular weight is 454 g/mol. The summed E-state index contributed by atoms with van der Waals surface area (Å²) in [7, 11) is -4.38. The monoisotopic (exact) mass is 454 g/mol. The van der Waals surface area contributed by atoms with Crippen molar-refractivity contribution in [3.63, 3.8) is 0 Å². The first-order valence-electron chi connectivity index (χ1n) is 9.56. The summed E-state index contributed by atoms with van der Waals surface area (Å²) in [5.74, 6) is -5.58. The van der Waals surface area contributed by atoms with Crippen molar-refractivity contribution in [1.82, 2.24) is 0 Å². The molecule has 0 saturated carbocycles. The summed E-state index contributed by atoms with van der Waals surface area (Å²) in [5, 5.41) is 0.0598. The van der Waals surface area contributed by atoms with Crippen molar-refractivity contribution >= 4 is 31.9 Å². The fourth-order valence-corrected chi connectivity index (χ4v) is 4.95. The van der Waals surface area contributed by atoms with E-state index in [1.165, 1.54) is 45.0 Å². The molecule has 6 nitrogen and oxygen atoms in total. The van der Waals surface area contributed by atoms with Crippen LogP contribution in [0.15, 0.2) is 36.4 Å². The Morgan fingerprint density at radius 2 is 1.13 bits per heavy atom. The van der Waals surface area contributed by atoms with Crippen LogP contribution in [0.25, 0.3) is 11.1 Å². The molecule has 0 amide bonds. The molecule has 0 saturated heterocycles. The SMILES string of the molecule is CCC(=O)O[Si](OC(=O)CC)(OC(=O)CC)c1ccc(-c2c(F)cc(F)cc2F)cc1. The minimum atomic E-state index is -4.38. The van der Waals surface area contributed by atoms with Crippen LogP contribution in [-0.4, -0.2) is 26.7 Å². The largest absolute Gasteiger partial charge is 0.742 e. The number of halogens is 3. The number of carbonyl (C=O) groups is 3. The molecule has 31 heavy (non-hydrogen) atoms. The summed E-state index contributed by atoms with van der Waals surface area (Å²) in [5.41, 5.74) is -0.422. The smallest absolute Gasteiger partial charge is 0.452 e. The summed E-state index contributed by atoms with van der Waals surface area (Å²) < 4.78 is 57.4. The molecule has 2 aromatic rings. The Balaban J connectivity index is 2.58. The van der Waals surface area contributed by atoms with Crippen LogP contribution >= 0.6 is 0 Å². The molecule has 0 bridgehead atoms. The molecule has 2 aromatic carbocycles. The Morgan fingerprint density at radius 1 is 0.742 bits per heavy atom. The summed E-state index contributed by atoms with van der Waals surface area (Å²) in [4.78, 5) is 36.1. The van der Waals surface area contributed by atoms with E-state index in [4.69, 9.17) is 13.3 Å². The normalized spacial score (nSPS) is 11.0. The van der Waals surface area contributed by atoms with Crippen molar-refractivity contribution in [2.75, 3.05) is 0 Å². The molecule has 0 spiro atoms. The van der Waals surface area contributed by atoms with Crippen molar-refractivity contribution in [2.45, 2.75) is 40.0 Å². The fourth-order valence-electron chi connectivity index (χ4n) is 2.56. The van der Waals surface area contributed by atoms with Crippen LogP contribution in [0.5, 0.6) is 0 Å². The van der Waals surface area contributed by atoms with Gasteiger partial charge in [0, 0.05) is 31.4 Å². The molecule has 0 aliphatic carbocycles. The van der Waals surface area contributed by atoms with Gasteiger partial charge in [-0.15, -0.1) is 0 Å². The fraction of sp³-hybridized carbons (Fsp3) is 0.286. The van der Waals surface area contributed by atoms with Gasteiger partial charge >= 0.3 is 8.80 Å². The van der Waals surface area contributed by atoms with E-state index in [0.29, 0.717) is 12.1 Å². The lowest BCUT2D eigenvalue weighted by Gasteiger charge is -2.27. The predicted molar refractivity (Wildman–Crippen MR) is 106 cm³/mol. The Hall–Kier alpha value is -3.14. The molecule has 0 unspecified atom stereocenters. The highest BCUT2D eigenvalue weighted by Crippen LogP contribution is 2.27. The van der Waals surface area contributed by atoms with Crippen LogP contribution in [0.3, 0.4) is 0 Å². The molecule has 0 radical (unpaired) electrons. The van der Waals surface area contributed by atoms with Crippen molar-refractivity contribution in [3.8, 4) is 11.1 Å². The first kappa shape index (κ1) is 24.1. The molecule has 0 heterocycles. The van der Waals surface area contributed by atoms with Crippen LogP contribution in [0.2, 0.25) is 0 Å². The minimum absolute atomic E-state index is 0.0482. The van der Waals surface area contributed by atoms with Gasteiger partial charge in [-0.1, -0.05) is 45.0 Å². The average Bonchev–Trinajstić information content (AvgIpc) is 2.73. The molecule has 166 valence electrons. The Morgan fingerprint density at radius 3 is 1.48 bits per heavy atom. The van der Waals surface area contributed by atoms with E-state index in [2.05, 4.69) is 0 Å². The van der Waals surface area contributed by atoms with Gasteiger partial charge in [-0.05, 0) is 5.56 Å². The van der Waals surface area contributed by atoms with Crippen LogP contribution in [0.1, 0.15) is 40.0 Å². The van der Waals surface area contributed by atoms with E-state index in [-0.39, 0.29) is 30.0 Å². The predicted octanol–water partition coefficient (Wildman–Crippen LogP) is 3.78. The third kappa shape index (κ3) is 5.72. The van der Waals surface area contributed by atoms with Crippen LogP contribution in [0, 0.1) is 17.5 Å². The van der Waals surface area contributed by atoms with E-state index in [0.717, 1.165) is 0 Å². The third-order valence-electron chi connectivity index (χ3n) is 4.14. The summed E-state index contributed by atoms with van der Waals surface area (Å²) in [6, 6.07) is 6.16. The van der Waals surface area contributed by atoms with Gasteiger partial charge in [0.1, 0.15) is 17.5 Å². The first-order valence-corrected chi connectivity index (χ1v) is 11.3. The number of carbonyl (C=O) groups excluding carboxylic acids is 3. The van der Waals surface area contributed by atoms with E-state index in [1.54, 1.807) is 0 Å². The van der Waals surface area contributed by atoms with Crippen LogP contribution < -0.4 is 5.19 Å². The minimum Gasteiger partial charge on any atom is -0.452 e. The highest BCUT2D eigenvalue weighted by atomic mass is 28.4. The number of hydrogen-bond acceptors (Lipinski definition) is 6. The van der Waals surface area contributed by atoms with Crippen LogP contribution in [0.4, 0.5) is 13.2 Å². The summed E-state index contributed by atoms with van der Waals surface area (Å²) >= 11 is 0. The molecule has 0 fully saturated rings. The maximum Gasteiger partial charge on any atom is 0.742 e. The van der Waals surface area contributed by atoms with E-state index < -0.39 is 49.7 Å². The number of benzene rings is 2. The van der Waals surface area contributed by atoms with Crippen molar-refractivity contribution < 1.29 is 40.8 Å². The topological polar surface area (TPSA) is 78.9 Å². The Bertz CT molecular complexity index is 909. The lowest BCUT2D eigenvalue weighted by molar-refractivity contribution is -0.149. The van der Waals surface area contributed by atoms with Gasteiger partial charge in [0.05, 0.1) is 10.8 Å². The molecule has 0 aliphatic heterocycles. The quantitative estimate of drug-likeness (QED) is 0.565. The Labute approximate surface area is 178 Å². The van der Waals surface area contributed by atoms with Crippen LogP contribution in [-0.2, 0) is 27.7 Å². The van der Waals surface area contributed by atoms with Gasteiger partial charge in [0.2, 0.25) is 0 Å². The molecular weight excluding hydrogens is 433 g/mol. The van der Waals surface area contributed by atoms with Gasteiger partial charge in [-0.25, -0.2) is 13.2 Å². The van der Waals surface area contributed by atoms with Gasteiger partial charge < -0.3 is 13.3 Å². The molecule has 0 N–H and O–H groups in total. The summed E-state index contributed by atoms with van der Waals surface area (Å²) in [6.07, 6.45) is -0.232. The van der Waals surface area contributed by atoms with Gasteiger partial charge in [0.25, 0.3) is 17.9 Å². The second-order valence-corrected chi connectivity index (χ2v) is 8.66. The molecule has 0 atom stereocenters. The van der Waals surface area contributed by atoms with E-state index in [1.807, 2.05) is 0 Å². The zero-order valence-electron chi connectivity index (χ0n) is 17.2. The van der Waals surface area contributed by atoms with Crippen molar-refractivity contribution in [1.29, 1.82) is 0 Å². The highest BCUT2D eigenvalue weighted by Gasteiger charge is 2.55. The lowest BCUT2D eigenvalue weighted by atomic mass is 10.0. The maximum absolute atomic E-state index is 14.1. The second kappa shape index (κ2) is 10.2. The van der Waals surface area contributed by atoms with Gasteiger partial charge in [0.15, 0.2) is 0 Å². The standard InChI is InChI=1S/C21H21F3O6Si/c1-4-18(25)28-31(29-19(26)5-2,30-20(27)6-3)15-9-7-13(8-10-15)21-16(23)11-14(22)12-17(21)24/h7-12H,4-6H2,1-3H3.